The molecule has 0 aromatic heterocycles. The van der Waals surface area contributed by atoms with E-state index in [4.69, 9.17) is 28.5 Å². The zero-order valence-corrected chi connectivity index (χ0v) is 13.2. The van der Waals surface area contributed by atoms with Gasteiger partial charge < -0.3 is 5.32 Å². The molecule has 0 aliphatic heterocycles. The van der Waals surface area contributed by atoms with Crippen molar-refractivity contribution in [1.29, 1.82) is 5.26 Å². The summed E-state index contributed by atoms with van der Waals surface area (Å²) in [5, 5.41) is 13.8. The molecule has 0 aliphatic rings. The van der Waals surface area contributed by atoms with Crippen LogP contribution in [0.2, 0.25) is 10.0 Å². The Hall–Kier alpha value is -1.69. The molecule has 0 saturated heterocycles. The fraction of sp³-hybridized carbons (Fsp3) is 0.235. The number of rotatable bonds is 5. The van der Waals surface area contributed by atoms with Crippen molar-refractivity contribution in [2.24, 2.45) is 0 Å². The molecular weight excluding hydrogens is 303 g/mol. The van der Waals surface area contributed by atoms with Crippen molar-refractivity contribution in [2.45, 2.75) is 25.8 Å². The second kappa shape index (κ2) is 7.36. The average Bonchev–Trinajstić information content (AvgIpc) is 2.49. The van der Waals surface area contributed by atoms with Crippen LogP contribution in [0, 0.1) is 11.3 Å². The van der Waals surface area contributed by atoms with Crippen LogP contribution in [0.4, 0.5) is 5.69 Å². The molecule has 21 heavy (non-hydrogen) atoms. The molecule has 0 spiro atoms. The van der Waals surface area contributed by atoms with Crippen molar-refractivity contribution in [3.8, 4) is 6.07 Å². The maximum Gasteiger partial charge on any atom is 0.0992 e. The van der Waals surface area contributed by atoms with Crippen molar-refractivity contribution in [1.82, 2.24) is 0 Å². The molecule has 0 saturated carbocycles. The minimum Gasteiger partial charge on any atom is -0.377 e. The molecule has 108 valence electrons. The maximum absolute atomic E-state index is 9.00. The Bertz CT molecular complexity index is 645. The topological polar surface area (TPSA) is 35.8 Å². The van der Waals surface area contributed by atoms with Gasteiger partial charge in [0.1, 0.15) is 0 Å². The highest BCUT2D eigenvalue weighted by Gasteiger charge is 2.12. The molecule has 1 unspecified atom stereocenters. The fourth-order valence-electron chi connectivity index (χ4n) is 2.20. The first-order valence-electron chi connectivity index (χ1n) is 6.85. The highest BCUT2D eigenvalue weighted by molar-refractivity contribution is 6.33. The van der Waals surface area contributed by atoms with Gasteiger partial charge in [0.05, 0.1) is 28.4 Å². The molecule has 2 aromatic rings. The van der Waals surface area contributed by atoms with Crippen LogP contribution >= 0.6 is 23.2 Å². The molecule has 0 fully saturated rings. The van der Waals surface area contributed by atoms with Gasteiger partial charge in [-0.15, -0.1) is 0 Å². The van der Waals surface area contributed by atoms with Gasteiger partial charge in [0, 0.05) is 5.02 Å². The van der Waals surface area contributed by atoms with E-state index < -0.39 is 0 Å². The van der Waals surface area contributed by atoms with Crippen LogP contribution in [-0.4, -0.2) is 0 Å². The van der Waals surface area contributed by atoms with Gasteiger partial charge in [-0.25, -0.2) is 0 Å². The van der Waals surface area contributed by atoms with E-state index in [0.29, 0.717) is 10.6 Å². The van der Waals surface area contributed by atoms with Gasteiger partial charge in [-0.1, -0.05) is 48.7 Å². The van der Waals surface area contributed by atoms with Crippen molar-refractivity contribution >= 4 is 28.9 Å². The van der Waals surface area contributed by atoms with Crippen molar-refractivity contribution in [3.63, 3.8) is 0 Å². The molecule has 0 aliphatic carbocycles. The monoisotopic (exact) mass is 318 g/mol. The van der Waals surface area contributed by atoms with Gasteiger partial charge in [0.2, 0.25) is 0 Å². The Morgan fingerprint density at radius 2 is 1.86 bits per heavy atom. The van der Waals surface area contributed by atoms with Gasteiger partial charge in [0.25, 0.3) is 0 Å². The van der Waals surface area contributed by atoms with E-state index in [1.807, 2.05) is 24.3 Å². The summed E-state index contributed by atoms with van der Waals surface area (Å²) in [6.45, 7) is 2.14. The molecule has 2 rings (SSSR count). The SMILES string of the molecule is CCCC(Nc1cc(C#N)ccc1Cl)c1ccc(Cl)cc1. The standard InChI is InChI=1S/C17H16Cl2N2/c1-2-3-16(13-5-7-14(18)8-6-13)21-17-10-12(11-20)4-9-15(17)19/h4-10,16,21H,2-3H2,1H3. The highest BCUT2D eigenvalue weighted by Crippen LogP contribution is 2.30. The van der Waals surface area contributed by atoms with E-state index in [1.54, 1.807) is 18.2 Å². The Kier molecular flexibility index (Phi) is 5.50. The number of nitrogens with one attached hydrogen (secondary N) is 1. The Labute approximate surface area is 135 Å². The van der Waals surface area contributed by atoms with E-state index in [0.717, 1.165) is 29.1 Å². The van der Waals surface area contributed by atoms with E-state index in [2.05, 4.69) is 18.3 Å². The second-order valence-electron chi connectivity index (χ2n) is 4.84. The van der Waals surface area contributed by atoms with Crippen molar-refractivity contribution in [2.75, 3.05) is 5.32 Å². The van der Waals surface area contributed by atoms with E-state index in [1.165, 1.54) is 0 Å². The maximum atomic E-state index is 9.00. The smallest absolute Gasteiger partial charge is 0.0992 e. The third-order valence-electron chi connectivity index (χ3n) is 3.27. The molecule has 0 radical (unpaired) electrons. The lowest BCUT2D eigenvalue weighted by Crippen LogP contribution is -2.11. The lowest BCUT2D eigenvalue weighted by atomic mass is 10.0. The average molecular weight is 319 g/mol. The number of hydrogen-bond donors (Lipinski definition) is 1. The molecule has 1 atom stereocenters. The summed E-state index contributed by atoms with van der Waals surface area (Å²) in [6.07, 6.45) is 2.00. The third-order valence-corrected chi connectivity index (χ3v) is 3.86. The quantitative estimate of drug-likeness (QED) is 0.754. The summed E-state index contributed by atoms with van der Waals surface area (Å²) in [5.41, 5.74) is 2.53. The van der Waals surface area contributed by atoms with E-state index >= 15 is 0 Å². The van der Waals surface area contributed by atoms with Crippen LogP contribution < -0.4 is 5.32 Å². The molecular formula is C17H16Cl2N2. The molecule has 0 bridgehead atoms. The zero-order valence-electron chi connectivity index (χ0n) is 11.7. The summed E-state index contributed by atoms with van der Waals surface area (Å²) in [5.74, 6) is 0. The Morgan fingerprint density at radius 1 is 1.14 bits per heavy atom. The zero-order chi connectivity index (χ0) is 15.2. The first-order valence-corrected chi connectivity index (χ1v) is 7.61. The van der Waals surface area contributed by atoms with Crippen LogP contribution in [0.25, 0.3) is 0 Å². The number of benzene rings is 2. The summed E-state index contributed by atoms with van der Waals surface area (Å²) >= 11 is 12.2. The lowest BCUT2D eigenvalue weighted by Gasteiger charge is -2.21. The Morgan fingerprint density at radius 3 is 2.48 bits per heavy atom. The van der Waals surface area contributed by atoms with Crippen LogP contribution in [0.5, 0.6) is 0 Å². The number of anilines is 1. The van der Waals surface area contributed by atoms with E-state index in [9.17, 15) is 0 Å². The van der Waals surface area contributed by atoms with Crippen molar-refractivity contribution in [3.05, 3.63) is 63.6 Å². The second-order valence-corrected chi connectivity index (χ2v) is 5.69. The normalized spacial score (nSPS) is 11.7. The predicted octanol–water partition coefficient (Wildman–Crippen LogP) is 5.82. The van der Waals surface area contributed by atoms with Gasteiger partial charge in [-0.05, 0) is 42.3 Å². The number of halogens is 2. The van der Waals surface area contributed by atoms with Gasteiger partial charge in [-0.2, -0.15) is 5.26 Å². The fourth-order valence-corrected chi connectivity index (χ4v) is 2.50. The molecule has 0 heterocycles. The minimum absolute atomic E-state index is 0.138. The summed E-state index contributed by atoms with van der Waals surface area (Å²) in [4.78, 5) is 0. The van der Waals surface area contributed by atoms with Gasteiger partial charge >= 0.3 is 0 Å². The summed E-state index contributed by atoms with van der Waals surface area (Å²) < 4.78 is 0. The predicted molar refractivity (Wildman–Crippen MR) is 88.9 cm³/mol. The van der Waals surface area contributed by atoms with Gasteiger partial charge in [0.15, 0.2) is 0 Å². The minimum atomic E-state index is 0.138. The molecule has 2 aromatic carbocycles. The van der Waals surface area contributed by atoms with Crippen molar-refractivity contribution < 1.29 is 0 Å². The number of nitrogens with zero attached hydrogens (tertiary/aromatic N) is 1. The lowest BCUT2D eigenvalue weighted by molar-refractivity contribution is 0.677. The largest absolute Gasteiger partial charge is 0.377 e. The number of hydrogen-bond acceptors (Lipinski definition) is 2. The van der Waals surface area contributed by atoms with Gasteiger partial charge in [-0.3, -0.25) is 0 Å². The van der Waals surface area contributed by atoms with Crippen LogP contribution in [0.3, 0.4) is 0 Å². The first-order chi connectivity index (χ1) is 10.1. The van der Waals surface area contributed by atoms with Crippen LogP contribution in [-0.2, 0) is 0 Å². The highest BCUT2D eigenvalue weighted by atomic mass is 35.5. The third kappa shape index (κ3) is 4.14. The van der Waals surface area contributed by atoms with Crippen LogP contribution in [0.1, 0.15) is 36.9 Å². The first kappa shape index (κ1) is 15.7. The molecule has 4 heteroatoms. The molecule has 0 amide bonds. The Balaban J connectivity index is 2.28. The number of nitriles is 1. The van der Waals surface area contributed by atoms with Crippen LogP contribution in [0.15, 0.2) is 42.5 Å². The molecule has 2 nitrogen and oxygen atoms in total. The summed E-state index contributed by atoms with van der Waals surface area (Å²) in [6, 6.07) is 15.3. The summed E-state index contributed by atoms with van der Waals surface area (Å²) in [7, 11) is 0. The molecule has 1 N–H and O–H groups in total. The van der Waals surface area contributed by atoms with E-state index in [-0.39, 0.29) is 6.04 Å².